The number of nitrogen functional groups attached to an aromatic ring is 1. The second-order valence-electron chi connectivity index (χ2n) is 5.32. The first-order chi connectivity index (χ1) is 11.1. The Labute approximate surface area is 157 Å². The van der Waals surface area contributed by atoms with Crippen LogP contribution < -0.4 is 10.5 Å². The van der Waals surface area contributed by atoms with Gasteiger partial charge in [-0.25, -0.2) is 0 Å². The molecule has 0 unspecified atom stereocenters. The number of hydrogen-bond donors (Lipinski definition) is 1. The molecule has 0 aliphatic heterocycles. The molecular formula is C18H22BrClN2O2. The van der Waals surface area contributed by atoms with Gasteiger partial charge in [-0.05, 0) is 42.3 Å². The fourth-order valence-electron chi connectivity index (χ4n) is 2.15. The first-order valence-electron chi connectivity index (χ1n) is 7.52. The van der Waals surface area contributed by atoms with Gasteiger partial charge < -0.3 is 15.4 Å². The van der Waals surface area contributed by atoms with Crippen LogP contribution in [0.1, 0.15) is 12.0 Å². The monoisotopic (exact) mass is 412 g/mol. The fraction of sp³-hybridized carbons (Fsp3) is 0.278. The number of carbonyl (C=O) groups excluding carboxylic acids is 1. The van der Waals surface area contributed by atoms with E-state index in [0.717, 1.165) is 21.5 Å². The molecule has 0 heterocycles. The number of hydrogen-bond acceptors (Lipinski definition) is 3. The molecule has 0 aliphatic rings. The molecule has 0 atom stereocenters. The smallest absolute Gasteiger partial charge is 0.222 e. The minimum atomic E-state index is 0. The number of amides is 1. The Hall–Kier alpha value is -1.72. The number of para-hydroxylation sites is 1. The predicted molar refractivity (Wildman–Crippen MR) is 104 cm³/mol. The van der Waals surface area contributed by atoms with Gasteiger partial charge in [-0.2, -0.15) is 0 Å². The molecule has 0 radical (unpaired) electrons. The lowest BCUT2D eigenvalue weighted by Gasteiger charge is -2.17. The van der Waals surface area contributed by atoms with Crippen molar-refractivity contribution in [2.24, 2.45) is 0 Å². The zero-order valence-electron chi connectivity index (χ0n) is 13.6. The van der Waals surface area contributed by atoms with Crippen LogP contribution in [0, 0.1) is 0 Å². The molecule has 0 saturated heterocycles. The van der Waals surface area contributed by atoms with Crippen LogP contribution in [0.25, 0.3) is 0 Å². The Morgan fingerprint density at radius 3 is 2.50 bits per heavy atom. The summed E-state index contributed by atoms with van der Waals surface area (Å²) in [5, 5.41) is 0. The highest BCUT2D eigenvalue weighted by Crippen LogP contribution is 2.16. The van der Waals surface area contributed by atoms with Gasteiger partial charge in [0.15, 0.2) is 0 Å². The maximum Gasteiger partial charge on any atom is 0.222 e. The van der Waals surface area contributed by atoms with Gasteiger partial charge in [0.2, 0.25) is 5.91 Å². The van der Waals surface area contributed by atoms with E-state index in [4.69, 9.17) is 10.5 Å². The standard InChI is InChI=1S/C18H21BrN2O2.ClH/c1-21(12-13-23-16-9-7-15(19)8-10-16)18(22)11-6-14-4-2-3-5-17(14)20;/h2-5,7-10H,6,11-13,20H2,1H3;1H. The summed E-state index contributed by atoms with van der Waals surface area (Å²) in [5.74, 6) is 0.888. The summed E-state index contributed by atoms with van der Waals surface area (Å²) in [5.41, 5.74) is 7.64. The number of nitrogens with two attached hydrogens (primary N) is 1. The molecule has 24 heavy (non-hydrogen) atoms. The van der Waals surface area contributed by atoms with Gasteiger partial charge in [0.25, 0.3) is 0 Å². The maximum atomic E-state index is 12.1. The molecule has 0 fully saturated rings. The summed E-state index contributed by atoms with van der Waals surface area (Å²) in [7, 11) is 1.79. The topological polar surface area (TPSA) is 55.6 Å². The second-order valence-corrected chi connectivity index (χ2v) is 6.23. The molecule has 2 N–H and O–H groups in total. The SMILES string of the molecule is CN(CCOc1ccc(Br)cc1)C(=O)CCc1ccccc1N.Cl. The largest absolute Gasteiger partial charge is 0.492 e. The number of nitrogens with zero attached hydrogens (tertiary/aromatic N) is 1. The van der Waals surface area contributed by atoms with Crippen LogP contribution >= 0.6 is 28.3 Å². The second kappa shape index (κ2) is 10.2. The minimum Gasteiger partial charge on any atom is -0.492 e. The molecule has 0 spiro atoms. The van der Waals surface area contributed by atoms with Crippen molar-refractivity contribution < 1.29 is 9.53 Å². The van der Waals surface area contributed by atoms with E-state index in [1.807, 2.05) is 48.5 Å². The van der Waals surface area contributed by atoms with Crippen LogP contribution in [0.5, 0.6) is 5.75 Å². The lowest BCUT2D eigenvalue weighted by Crippen LogP contribution is -2.31. The Balaban J connectivity index is 0.00000288. The maximum absolute atomic E-state index is 12.1. The number of halogens is 2. The summed E-state index contributed by atoms with van der Waals surface area (Å²) >= 11 is 3.38. The molecule has 0 aliphatic carbocycles. The average Bonchev–Trinajstić information content (AvgIpc) is 2.55. The van der Waals surface area contributed by atoms with Crippen LogP contribution in [0.2, 0.25) is 0 Å². The van der Waals surface area contributed by atoms with Crippen LogP contribution in [0.4, 0.5) is 5.69 Å². The van der Waals surface area contributed by atoms with E-state index in [9.17, 15) is 4.79 Å². The number of benzene rings is 2. The fourth-order valence-corrected chi connectivity index (χ4v) is 2.41. The first kappa shape index (κ1) is 20.3. The molecule has 0 saturated carbocycles. The van der Waals surface area contributed by atoms with Gasteiger partial charge in [-0.3, -0.25) is 4.79 Å². The summed E-state index contributed by atoms with van der Waals surface area (Å²) in [6.45, 7) is 1.02. The Morgan fingerprint density at radius 1 is 1.17 bits per heavy atom. The van der Waals surface area contributed by atoms with Gasteiger partial charge in [0, 0.05) is 23.6 Å². The lowest BCUT2D eigenvalue weighted by molar-refractivity contribution is -0.130. The normalized spacial score (nSPS) is 9.92. The van der Waals surface area contributed by atoms with E-state index < -0.39 is 0 Å². The average molecular weight is 414 g/mol. The highest BCUT2D eigenvalue weighted by Gasteiger charge is 2.10. The third-order valence-corrected chi connectivity index (χ3v) is 4.13. The quantitative estimate of drug-likeness (QED) is 0.700. The van der Waals surface area contributed by atoms with Crippen molar-refractivity contribution in [3.63, 3.8) is 0 Å². The third-order valence-electron chi connectivity index (χ3n) is 3.60. The van der Waals surface area contributed by atoms with Crippen LogP contribution in [-0.2, 0) is 11.2 Å². The third kappa shape index (κ3) is 6.42. The van der Waals surface area contributed by atoms with Crippen LogP contribution in [-0.4, -0.2) is 31.0 Å². The van der Waals surface area contributed by atoms with Crippen molar-refractivity contribution in [2.75, 3.05) is 25.9 Å². The summed E-state index contributed by atoms with van der Waals surface area (Å²) in [6, 6.07) is 15.3. The van der Waals surface area contributed by atoms with Gasteiger partial charge in [0.1, 0.15) is 12.4 Å². The molecule has 1 amide bonds. The number of carbonyl (C=O) groups is 1. The number of rotatable bonds is 7. The highest BCUT2D eigenvalue weighted by atomic mass is 79.9. The molecule has 0 bridgehead atoms. The van der Waals surface area contributed by atoms with Crippen LogP contribution in [0.15, 0.2) is 53.0 Å². The van der Waals surface area contributed by atoms with Gasteiger partial charge in [-0.1, -0.05) is 34.1 Å². The molecule has 2 aromatic carbocycles. The van der Waals surface area contributed by atoms with Gasteiger partial charge in [-0.15, -0.1) is 12.4 Å². The van der Waals surface area contributed by atoms with E-state index >= 15 is 0 Å². The molecule has 0 aromatic heterocycles. The Morgan fingerprint density at radius 2 is 1.83 bits per heavy atom. The Kier molecular flexibility index (Phi) is 8.65. The number of anilines is 1. The van der Waals surface area contributed by atoms with Crippen LogP contribution in [0.3, 0.4) is 0 Å². The molecule has 2 aromatic rings. The number of ether oxygens (including phenoxy) is 1. The predicted octanol–water partition coefficient (Wildman–Crippen LogP) is 3.92. The molecule has 6 heteroatoms. The van der Waals surface area contributed by atoms with Crippen molar-refractivity contribution in [2.45, 2.75) is 12.8 Å². The number of aryl methyl sites for hydroxylation is 1. The van der Waals surface area contributed by atoms with Crippen molar-refractivity contribution in [3.05, 3.63) is 58.6 Å². The first-order valence-corrected chi connectivity index (χ1v) is 8.31. The molecular weight excluding hydrogens is 392 g/mol. The van der Waals surface area contributed by atoms with E-state index in [-0.39, 0.29) is 18.3 Å². The van der Waals surface area contributed by atoms with Gasteiger partial charge >= 0.3 is 0 Å². The van der Waals surface area contributed by atoms with Gasteiger partial charge in [0.05, 0.1) is 6.54 Å². The number of likely N-dealkylation sites (N-methyl/N-ethyl adjacent to an activating group) is 1. The van der Waals surface area contributed by atoms with Crippen molar-refractivity contribution in [3.8, 4) is 5.75 Å². The molecule has 2 rings (SSSR count). The van der Waals surface area contributed by atoms with E-state index in [1.165, 1.54) is 0 Å². The van der Waals surface area contributed by atoms with E-state index in [1.54, 1.807) is 11.9 Å². The highest BCUT2D eigenvalue weighted by molar-refractivity contribution is 9.10. The lowest BCUT2D eigenvalue weighted by atomic mass is 10.1. The minimum absolute atomic E-state index is 0. The van der Waals surface area contributed by atoms with Crippen molar-refractivity contribution >= 4 is 39.9 Å². The molecule has 4 nitrogen and oxygen atoms in total. The van der Waals surface area contributed by atoms with E-state index in [0.29, 0.717) is 26.0 Å². The zero-order chi connectivity index (χ0) is 16.7. The zero-order valence-corrected chi connectivity index (χ0v) is 16.0. The molecule has 130 valence electrons. The summed E-state index contributed by atoms with van der Waals surface area (Å²) in [4.78, 5) is 13.8. The van der Waals surface area contributed by atoms with Crippen molar-refractivity contribution in [1.82, 2.24) is 4.90 Å². The Bertz CT molecular complexity index is 650. The summed E-state index contributed by atoms with van der Waals surface area (Å²) < 4.78 is 6.64. The van der Waals surface area contributed by atoms with E-state index in [2.05, 4.69) is 15.9 Å². The summed E-state index contributed by atoms with van der Waals surface area (Å²) in [6.07, 6.45) is 1.10. The van der Waals surface area contributed by atoms with Crippen molar-refractivity contribution in [1.29, 1.82) is 0 Å².